The zero-order chi connectivity index (χ0) is 14.6. The van der Waals surface area contributed by atoms with Gasteiger partial charge in [-0.15, -0.1) is 0 Å². The second-order valence-corrected chi connectivity index (χ2v) is 6.87. The van der Waals surface area contributed by atoms with Gasteiger partial charge in [-0.2, -0.15) is 0 Å². The molecule has 0 radical (unpaired) electrons. The third-order valence-corrected chi connectivity index (χ3v) is 5.77. The quantitative estimate of drug-likeness (QED) is 0.519. The summed E-state index contributed by atoms with van der Waals surface area (Å²) in [6.07, 6.45) is 5.21. The monoisotopic (exact) mass is 324 g/mol. The molecule has 0 aromatic heterocycles. The maximum Gasteiger partial charge on any atom is 0.0428 e. The van der Waals surface area contributed by atoms with Gasteiger partial charge in [0.15, 0.2) is 0 Å². The van der Waals surface area contributed by atoms with E-state index in [1.807, 2.05) is 0 Å². The Morgan fingerprint density at radius 2 is 1.53 bits per heavy atom. The number of halogens is 1. The average Bonchev–Trinajstić information content (AvgIpc) is 2.37. The van der Waals surface area contributed by atoms with Gasteiger partial charge in [0.25, 0.3) is 0 Å². The minimum absolute atomic E-state index is 0.502. The highest BCUT2D eigenvalue weighted by molar-refractivity contribution is 9.09. The number of aryl methyl sites for hydroxylation is 2. The molecule has 0 saturated heterocycles. The van der Waals surface area contributed by atoms with Crippen LogP contribution < -0.4 is 0 Å². The van der Waals surface area contributed by atoms with Crippen molar-refractivity contribution in [2.75, 3.05) is 0 Å². The Morgan fingerprint density at radius 3 is 1.95 bits per heavy atom. The molecule has 2 unspecified atom stereocenters. The predicted octanol–water partition coefficient (Wildman–Crippen LogP) is 6.57. The normalized spacial score (nSPS) is 14.5. The summed E-state index contributed by atoms with van der Waals surface area (Å²) >= 11 is 4.01. The first-order valence-electron chi connectivity index (χ1n) is 7.65. The third kappa shape index (κ3) is 3.84. The van der Waals surface area contributed by atoms with Gasteiger partial charge in [0, 0.05) is 4.83 Å². The minimum atomic E-state index is 0.502. The number of alkyl halides is 1. The van der Waals surface area contributed by atoms with Crippen molar-refractivity contribution in [1.29, 1.82) is 0 Å². The number of rotatable bonds is 6. The highest BCUT2D eigenvalue weighted by Crippen LogP contribution is 2.40. The second kappa shape index (κ2) is 7.47. The lowest BCUT2D eigenvalue weighted by molar-refractivity contribution is 0.444. The van der Waals surface area contributed by atoms with Crippen LogP contribution in [0.25, 0.3) is 0 Å². The van der Waals surface area contributed by atoms with Gasteiger partial charge in [-0.25, -0.2) is 0 Å². The molecule has 0 saturated carbocycles. The fourth-order valence-corrected chi connectivity index (χ4v) is 4.25. The van der Waals surface area contributed by atoms with Gasteiger partial charge in [-0.1, -0.05) is 55.1 Å². The second-order valence-electron chi connectivity index (χ2n) is 5.89. The summed E-state index contributed by atoms with van der Waals surface area (Å²) in [5.41, 5.74) is 7.33. The molecule has 0 amide bonds. The van der Waals surface area contributed by atoms with Gasteiger partial charge < -0.3 is 0 Å². The molecule has 0 spiro atoms. The van der Waals surface area contributed by atoms with E-state index in [2.05, 4.69) is 63.5 Å². The molecular weight excluding hydrogens is 296 g/mol. The zero-order valence-electron chi connectivity index (χ0n) is 13.4. The van der Waals surface area contributed by atoms with Crippen molar-refractivity contribution >= 4 is 15.9 Å². The summed E-state index contributed by atoms with van der Waals surface area (Å²) in [6, 6.07) is 2.32. The van der Waals surface area contributed by atoms with E-state index in [-0.39, 0.29) is 0 Å². The zero-order valence-corrected chi connectivity index (χ0v) is 15.0. The molecule has 19 heavy (non-hydrogen) atoms. The molecule has 1 aromatic rings. The lowest BCUT2D eigenvalue weighted by Crippen LogP contribution is -2.11. The maximum absolute atomic E-state index is 4.01. The van der Waals surface area contributed by atoms with E-state index >= 15 is 0 Å². The van der Waals surface area contributed by atoms with Crippen LogP contribution in [0.5, 0.6) is 0 Å². The van der Waals surface area contributed by atoms with Crippen molar-refractivity contribution in [2.24, 2.45) is 5.92 Å². The van der Waals surface area contributed by atoms with Crippen LogP contribution in [-0.2, 0) is 0 Å². The van der Waals surface area contributed by atoms with Crippen LogP contribution in [0, 0.1) is 33.6 Å². The lowest BCUT2D eigenvalue weighted by atomic mass is 9.85. The van der Waals surface area contributed by atoms with Crippen LogP contribution in [0.3, 0.4) is 0 Å². The number of hydrogen-bond donors (Lipinski definition) is 0. The van der Waals surface area contributed by atoms with E-state index in [0.29, 0.717) is 4.83 Å². The highest BCUT2D eigenvalue weighted by Gasteiger charge is 2.23. The first-order valence-corrected chi connectivity index (χ1v) is 8.56. The van der Waals surface area contributed by atoms with Gasteiger partial charge in [-0.05, 0) is 67.9 Å². The Labute approximate surface area is 128 Å². The third-order valence-electron chi connectivity index (χ3n) is 4.57. The molecule has 1 aromatic carbocycles. The molecule has 1 heteroatoms. The summed E-state index contributed by atoms with van der Waals surface area (Å²) in [7, 11) is 0. The van der Waals surface area contributed by atoms with E-state index in [0.717, 1.165) is 5.92 Å². The van der Waals surface area contributed by atoms with Gasteiger partial charge in [0.1, 0.15) is 0 Å². The number of hydrogen-bond acceptors (Lipinski definition) is 0. The first-order chi connectivity index (χ1) is 8.93. The summed E-state index contributed by atoms with van der Waals surface area (Å²) in [5, 5.41) is 0. The Hall–Kier alpha value is -0.300. The average molecular weight is 325 g/mol. The fraction of sp³-hybridized carbons (Fsp3) is 0.667. The van der Waals surface area contributed by atoms with Crippen LogP contribution in [0.2, 0.25) is 0 Å². The first kappa shape index (κ1) is 16.8. The standard InChI is InChI=1S/C18H29Br/c1-7-9-10-16(8-2)18(19)17-14(5)12(3)11-13(4)15(17)6/h11,16,18H,7-10H2,1-6H3. The van der Waals surface area contributed by atoms with Gasteiger partial charge in [0.05, 0.1) is 0 Å². The van der Waals surface area contributed by atoms with Crippen LogP contribution in [0.1, 0.15) is 72.2 Å². The number of unbranched alkanes of at least 4 members (excludes halogenated alkanes) is 1. The molecule has 108 valence electrons. The Morgan fingerprint density at radius 1 is 1.00 bits per heavy atom. The SMILES string of the molecule is CCCCC(CC)C(Br)c1c(C)c(C)cc(C)c1C. The summed E-state index contributed by atoms with van der Waals surface area (Å²) in [5.74, 6) is 0.749. The van der Waals surface area contributed by atoms with Crippen molar-refractivity contribution < 1.29 is 0 Å². The number of benzene rings is 1. The van der Waals surface area contributed by atoms with Gasteiger partial charge in [-0.3, -0.25) is 0 Å². The molecule has 0 aliphatic heterocycles. The molecule has 1 rings (SSSR count). The molecule has 0 N–H and O–H groups in total. The van der Waals surface area contributed by atoms with E-state index < -0.39 is 0 Å². The summed E-state index contributed by atoms with van der Waals surface area (Å²) < 4.78 is 0. The Kier molecular flexibility index (Phi) is 6.59. The minimum Gasteiger partial charge on any atom is -0.0836 e. The largest absolute Gasteiger partial charge is 0.0836 e. The molecule has 2 atom stereocenters. The van der Waals surface area contributed by atoms with Crippen molar-refractivity contribution in [3.8, 4) is 0 Å². The van der Waals surface area contributed by atoms with Crippen LogP contribution >= 0.6 is 15.9 Å². The lowest BCUT2D eigenvalue weighted by Gasteiger charge is -2.26. The molecule has 0 aliphatic carbocycles. The molecule has 0 bridgehead atoms. The Bertz CT molecular complexity index is 394. The van der Waals surface area contributed by atoms with E-state index in [4.69, 9.17) is 0 Å². The fourth-order valence-electron chi connectivity index (χ4n) is 2.92. The predicted molar refractivity (Wildman–Crippen MR) is 90.4 cm³/mol. The Balaban J connectivity index is 3.13. The molecule has 0 fully saturated rings. The van der Waals surface area contributed by atoms with Crippen LogP contribution in [0.15, 0.2) is 6.07 Å². The van der Waals surface area contributed by atoms with Gasteiger partial charge in [0.2, 0.25) is 0 Å². The summed E-state index contributed by atoms with van der Waals surface area (Å²) in [4.78, 5) is 0.502. The van der Waals surface area contributed by atoms with Crippen LogP contribution in [-0.4, -0.2) is 0 Å². The molecule has 0 nitrogen and oxygen atoms in total. The molecule has 0 heterocycles. The van der Waals surface area contributed by atoms with Gasteiger partial charge >= 0.3 is 0 Å². The smallest absolute Gasteiger partial charge is 0.0428 e. The van der Waals surface area contributed by atoms with Crippen LogP contribution in [0.4, 0.5) is 0 Å². The topological polar surface area (TPSA) is 0 Å². The molecular formula is C18H29Br. The highest BCUT2D eigenvalue weighted by atomic mass is 79.9. The van der Waals surface area contributed by atoms with E-state index in [1.54, 1.807) is 5.56 Å². The van der Waals surface area contributed by atoms with E-state index in [1.165, 1.54) is 47.9 Å². The maximum atomic E-state index is 4.01. The van der Waals surface area contributed by atoms with Crippen molar-refractivity contribution in [1.82, 2.24) is 0 Å². The van der Waals surface area contributed by atoms with Crippen molar-refractivity contribution in [2.45, 2.75) is 72.1 Å². The summed E-state index contributed by atoms with van der Waals surface area (Å²) in [6.45, 7) is 13.6. The van der Waals surface area contributed by atoms with E-state index in [9.17, 15) is 0 Å². The molecule has 0 aliphatic rings. The van der Waals surface area contributed by atoms with Crippen molar-refractivity contribution in [3.05, 3.63) is 33.9 Å². The van der Waals surface area contributed by atoms with Crippen molar-refractivity contribution in [3.63, 3.8) is 0 Å².